The second kappa shape index (κ2) is 4.58. The van der Waals surface area contributed by atoms with Gasteiger partial charge >= 0.3 is 0 Å². The van der Waals surface area contributed by atoms with Gasteiger partial charge in [-0.25, -0.2) is 0 Å². The maximum absolute atomic E-state index is 8.86. The molecule has 1 aromatic heterocycles. The highest BCUT2D eigenvalue weighted by Gasteiger charge is 2.14. The summed E-state index contributed by atoms with van der Waals surface area (Å²) in [7, 11) is 0. The molecule has 3 nitrogen and oxygen atoms in total. The summed E-state index contributed by atoms with van der Waals surface area (Å²) >= 11 is 0. The molecule has 0 bridgehead atoms. The van der Waals surface area contributed by atoms with E-state index in [0.29, 0.717) is 6.42 Å². The van der Waals surface area contributed by atoms with Crippen molar-refractivity contribution < 1.29 is 4.52 Å². The number of aryl methyl sites for hydroxylation is 1. The zero-order valence-corrected chi connectivity index (χ0v) is 10.6. The van der Waals surface area contributed by atoms with Gasteiger partial charge in [-0.2, -0.15) is 5.26 Å². The predicted octanol–water partition coefficient (Wildman–Crippen LogP) is 3.87. The van der Waals surface area contributed by atoms with E-state index in [2.05, 4.69) is 11.2 Å². The van der Waals surface area contributed by atoms with Gasteiger partial charge in [0.25, 0.3) is 0 Å². The first-order valence-electron chi connectivity index (χ1n) is 6.11. The molecule has 0 aliphatic carbocycles. The van der Waals surface area contributed by atoms with Gasteiger partial charge in [0.2, 0.25) is 0 Å². The van der Waals surface area contributed by atoms with Crippen LogP contribution < -0.4 is 0 Å². The third-order valence-electron chi connectivity index (χ3n) is 3.33. The summed E-state index contributed by atoms with van der Waals surface area (Å²) in [6.07, 6.45) is 0.404. The van der Waals surface area contributed by atoms with Crippen molar-refractivity contribution >= 4 is 11.0 Å². The monoisotopic (exact) mass is 248 g/mol. The van der Waals surface area contributed by atoms with Crippen molar-refractivity contribution in [3.8, 4) is 17.3 Å². The molecule has 92 valence electrons. The first-order chi connectivity index (χ1) is 9.31. The molecule has 19 heavy (non-hydrogen) atoms. The molecule has 0 unspecified atom stereocenters. The van der Waals surface area contributed by atoms with Gasteiger partial charge in [0.1, 0.15) is 5.69 Å². The van der Waals surface area contributed by atoms with Crippen molar-refractivity contribution in [1.82, 2.24) is 5.16 Å². The summed E-state index contributed by atoms with van der Waals surface area (Å²) in [5.74, 6) is 0. The summed E-state index contributed by atoms with van der Waals surface area (Å²) in [5, 5.41) is 14.0. The number of fused-ring (bicyclic) bond motifs is 1. The van der Waals surface area contributed by atoms with Crippen LogP contribution in [0, 0.1) is 18.3 Å². The van der Waals surface area contributed by atoms with Gasteiger partial charge in [-0.1, -0.05) is 41.6 Å². The Kier molecular flexibility index (Phi) is 2.77. The minimum Gasteiger partial charge on any atom is -0.356 e. The molecular formula is C16H12N2O. The van der Waals surface area contributed by atoms with Gasteiger partial charge in [0, 0.05) is 5.56 Å². The number of aromatic nitrogens is 1. The number of nitrogens with zero attached hydrogens (tertiary/aromatic N) is 2. The Labute approximate surface area is 111 Å². The molecule has 0 fully saturated rings. The van der Waals surface area contributed by atoms with Gasteiger partial charge in [-0.15, -0.1) is 0 Å². The topological polar surface area (TPSA) is 49.8 Å². The molecule has 0 saturated carbocycles. The molecule has 1 heterocycles. The summed E-state index contributed by atoms with van der Waals surface area (Å²) < 4.78 is 5.38. The van der Waals surface area contributed by atoms with Crippen molar-refractivity contribution in [1.29, 1.82) is 5.26 Å². The largest absolute Gasteiger partial charge is 0.356 e. The van der Waals surface area contributed by atoms with Crippen LogP contribution in [0.15, 0.2) is 47.0 Å². The fourth-order valence-electron chi connectivity index (χ4n) is 2.31. The summed E-state index contributed by atoms with van der Waals surface area (Å²) in [6.45, 7) is 2.01. The normalized spacial score (nSPS) is 10.5. The fourth-order valence-corrected chi connectivity index (χ4v) is 2.31. The zero-order chi connectivity index (χ0) is 13.2. The maximum Gasteiger partial charge on any atom is 0.167 e. The van der Waals surface area contributed by atoms with Crippen LogP contribution in [0.3, 0.4) is 0 Å². The Morgan fingerprint density at radius 2 is 1.95 bits per heavy atom. The molecule has 0 amide bonds. The Bertz CT molecular complexity index is 767. The molecule has 0 saturated heterocycles. The standard InChI is InChI=1S/C16H12N2O/c1-11-12(9-10-17)7-8-14-15(11)16(18-19-14)13-5-3-2-4-6-13/h2-8H,9H2,1H3. The van der Waals surface area contributed by atoms with Gasteiger partial charge in [-0.3, -0.25) is 0 Å². The number of hydrogen-bond acceptors (Lipinski definition) is 3. The lowest BCUT2D eigenvalue weighted by Crippen LogP contribution is -1.89. The second-order valence-corrected chi connectivity index (χ2v) is 4.45. The lowest BCUT2D eigenvalue weighted by atomic mass is 9.98. The Hall–Kier alpha value is -2.60. The number of benzene rings is 2. The van der Waals surface area contributed by atoms with Crippen LogP contribution in [0.4, 0.5) is 0 Å². The summed E-state index contributed by atoms with van der Waals surface area (Å²) in [6, 6.07) is 15.9. The lowest BCUT2D eigenvalue weighted by molar-refractivity contribution is 0.459. The zero-order valence-electron chi connectivity index (χ0n) is 10.6. The van der Waals surface area contributed by atoms with E-state index in [1.807, 2.05) is 49.4 Å². The highest BCUT2D eigenvalue weighted by Crippen LogP contribution is 2.32. The minimum atomic E-state index is 0.404. The van der Waals surface area contributed by atoms with Gasteiger partial charge in [0.05, 0.1) is 17.9 Å². The smallest absolute Gasteiger partial charge is 0.167 e. The van der Waals surface area contributed by atoms with Gasteiger partial charge in [-0.05, 0) is 24.1 Å². The quantitative estimate of drug-likeness (QED) is 0.691. The molecule has 0 N–H and O–H groups in total. The Morgan fingerprint density at radius 1 is 1.16 bits per heavy atom. The van der Waals surface area contributed by atoms with Crippen LogP contribution >= 0.6 is 0 Å². The molecule has 0 spiro atoms. The van der Waals surface area contributed by atoms with Crippen LogP contribution in [-0.2, 0) is 6.42 Å². The molecule has 3 aromatic rings. The van der Waals surface area contributed by atoms with Crippen LogP contribution in [0.1, 0.15) is 11.1 Å². The lowest BCUT2D eigenvalue weighted by Gasteiger charge is -2.03. The van der Waals surface area contributed by atoms with Crippen LogP contribution in [-0.4, -0.2) is 5.16 Å². The van der Waals surface area contributed by atoms with E-state index < -0.39 is 0 Å². The van der Waals surface area contributed by atoms with Crippen LogP contribution in [0.5, 0.6) is 0 Å². The second-order valence-electron chi connectivity index (χ2n) is 4.45. The van der Waals surface area contributed by atoms with Gasteiger partial charge in [0.15, 0.2) is 5.58 Å². The van der Waals surface area contributed by atoms with E-state index in [9.17, 15) is 0 Å². The SMILES string of the molecule is Cc1c(CC#N)ccc2onc(-c3ccccc3)c12. The number of rotatable bonds is 2. The van der Waals surface area contributed by atoms with Crippen molar-refractivity contribution in [2.45, 2.75) is 13.3 Å². The third-order valence-corrected chi connectivity index (χ3v) is 3.33. The number of nitriles is 1. The van der Waals surface area contributed by atoms with Crippen molar-refractivity contribution in [2.75, 3.05) is 0 Å². The fraction of sp³-hybridized carbons (Fsp3) is 0.125. The van der Waals surface area contributed by atoms with Crippen molar-refractivity contribution in [2.24, 2.45) is 0 Å². The van der Waals surface area contributed by atoms with E-state index in [4.69, 9.17) is 9.78 Å². The van der Waals surface area contributed by atoms with E-state index in [-0.39, 0.29) is 0 Å². The molecule has 0 radical (unpaired) electrons. The van der Waals surface area contributed by atoms with E-state index >= 15 is 0 Å². The van der Waals surface area contributed by atoms with Crippen LogP contribution in [0.2, 0.25) is 0 Å². The first kappa shape index (κ1) is 11.5. The van der Waals surface area contributed by atoms with Crippen molar-refractivity contribution in [3.63, 3.8) is 0 Å². The maximum atomic E-state index is 8.86. The van der Waals surface area contributed by atoms with Crippen LogP contribution in [0.25, 0.3) is 22.2 Å². The van der Waals surface area contributed by atoms with E-state index in [1.165, 1.54) is 0 Å². The highest BCUT2D eigenvalue weighted by molar-refractivity contribution is 5.94. The molecule has 0 aliphatic heterocycles. The summed E-state index contributed by atoms with van der Waals surface area (Å²) in [5.41, 5.74) is 4.72. The molecular weight excluding hydrogens is 236 g/mol. The number of hydrogen-bond donors (Lipinski definition) is 0. The van der Waals surface area contributed by atoms with Gasteiger partial charge < -0.3 is 4.52 Å². The Balaban J connectivity index is 2.28. The highest BCUT2D eigenvalue weighted by atomic mass is 16.5. The third kappa shape index (κ3) is 1.88. The average molecular weight is 248 g/mol. The molecule has 0 aliphatic rings. The Morgan fingerprint density at radius 3 is 2.68 bits per heavy atom. The van der Waals surface area contributed by atoms with E-state index in [0.717, 1.165) is 33.4 Å². The van der Waals surface area contributed by atoms with E-state index in [1.54, 1.807) is 0 Å². The average Bonchev–Trinajstić information content (AvgIpc) is 2.88. The molecule has 3 heteroatoms. The molecule has 0 atom stereocenters. The molecule has 3 rings (SSSR count). The first-order valence-corrected chi connectivity index (χ1v) is 6.11. The summed E-state index contributed by atoms with van der Waals surface area (Å²) in [4.78, 5) is 0. The van der Waals surface area contributed by atoms with Crippen molar-refractivity contribution in [3.05, 3.63) is 53.6 Å². The minimum absolute atomic E-state index is 0.404. The molecule has 2 aromatic carbocycles. The predicted molar refractivity (Wildman–Crippen MR) is 73.5 cm³/mol.